The summed E-state index contributed by atoms with van der Waals surface area (Å²) >= 11 is 0. The molecule has 0 aliphatic heterocycles. The van der Waals surface area contributed by atoms with Gasteiger partial charge in [-0.2, -0.15) is 5.10 Å². The molecule has 2 aromatic rings. The topological polar surface area (TPSA) is 79.9 Å². The van der Waals surface area contributed by atoms with Crippen LogP contribution in [0.4, 0.5) is 0 Å². The van der Waals surface area contributed by atoms with Gasteiger partial charge in [0.1, 0.15) is 24.4 Å². The van der Waals surface area contributed by atoms with Gasteiger partial charge in [-0.25, -0.2) is 14.3 Å². The number of hydrogen-bond acceptors (Lipinski definition) is 6. The van der Waals surface area contributed by atoms with Gasteiger partial charge in [0.25, 0.3) is 0 Å². The minimum absolute atomic E-state index is 0.470. The molecule has 2 aromatic heterocycles. The summed E-state index contributed by atoms with van der Waals surface area (Å²) in [7, 11) is 0. The highest BCUT2D eigenvalue weighted by atomic mass is 16.7. The second kappa shape index (κ2) is 7.84. The van der Waals surface area contributed by atoms with Crippen molar-refractivity contribution in [1.29, 1.82) is 0 Å². The molecule has 0 saturated carbocycles. The lowest BCUT2D eigenvalue weighted by molar-refractivity contribution is -0.142. The summed E-state index contributed by atoms with van der Waals surface area (Å²) in [6, 6.07) is 0. The maximum atomic E-state index is 5.51. The third-order valence-corrected chi connectivity index (χ3v) is 2.87. The molecule has 0 aliphatic carbocycles. The fourth-order valence-corrected chi connectivity index (χ4v) is 1.97. The largest absolute Gasteiger partial charge is 0.347 e. The van der Waals surface area contributed by atoms with Crippen LogP contribution in [0.15, 0.2) is 12.5 Å². The summed E-state index contributed by atoms with van der Waals surface area (Å²) in [6.45, 7) is 8.43. The predicted molar refractivity (Wildman–Crippen MR) is 75.4 cm³/mol. The van der Waals surface area contributed by atoms with E-state index < -0.39 is 6.29 Å². The Morgan fingerprint density at radius 1 is 1.19 bits per heavy atom. The molecule has 0 unspecified atom stereocenters. The molecule has 0 atom stereocenters. The van der Waals surface area contributed by atoms with Crippen LogP contribution in [0.1, 0.15) is 45.0 Å². The molecule has 8 nitrogen and oxygen atoms in total. The molecule has 116 valence electrons. The molecule has 2 rings (SSSR count). The second-order valence-electron chi connectivity index (χ2n) is 4.48. The van der Waals surface area contributed by atoms with Crippen molar-refractivity contribution in [1.82, 2.24) is 29.8 Å². The average molecular weight is 294 g/mol. The molecule has 0 fully saturated rings. The van der Waals surface area contributed by atoms with Crippen molar-refractivity contribution in [2.75, 3.05) is 13.2 Å². The van der Waals surface area contributed by atoms with Crippen LogP contribution in [-0.4, -0.2) is 43.0 Å². The van der Waals surface area contributed by atoms with Crippen LogP contribution in [-0.2, 0) is 22.6 Å². The van der Waals surface area contributed by atoms with Crippen LogP contribution in [0, 0.1) is 0 Å². The lowest BCUT2D eigenvalue weighted by Gasteiger charge is -2.13. The van der Waals surface area contributed by atoms with Gasteiger partial charge in [-0.3, -0.25) is 0 Å². The molecule has 0 aliphatic rings. The Labute approximate surface area is 124 Å². The molecule has 21 heavy (non-hydrogen) atoms. The highest BCUT2D eigenvalue weighted by molar-refractivity contribution is 4.96. The van der Waals surface area contributed by atoms with Gasteiger partial charge in [0.15, 0.2) is 0 Å². The molecular formula is C13H22N6O2. The van der Waals surface area contributed by atoms with E-state index in [2.05, 4.69) is 27.3 Å². The van der Waals surface area contributed by atoms with Crippen LogP contribution in [0.25, 0.3) is 0 Å². The number of nitrogens with zero attached hydrogens (tertiary/aromatic N) is 6. The summed E-state index contributed by atoms with van der Waals surface area (Å²) < 4.78 is 14.6. The smallest absolute Gasteiger partial charge is 0.204 e. The minimum atomic E-state index is -0.470. The number of aromatic nitrogens is 6. The highest BCUT2D eigenvalue weighted by Crippen LogP contribution is 2.16. The SMILES string of the molecule is CCCn1ncnc1Cn1cc(C(OCC)OCC)nn1. The standard InChI is InChI=1S/C13H22N6O2/c1-4-7-19-12(14-10-15-19)9-18-8-11(16-17-18)13(20-5-2)21-6-3/h8,10,13H,4-7,9H2,1-3H3. The van der Waals surface area contributed by atoms with Gasteiger partial charge >= 0.3 is 0 Å². The number of aryl methyl sites for hydroxylation is 1. The molecule has 0 bridgehead atoms. The highest BCUT2D eigenvalue weighted by Gasteiger charge is 2.16. The van der Waals surface area contributed by atoms with Gasteiger partial charge in [-0.15, -0.1) is 5.10 Å². The van der Waals surface area contributed by atoms with E-state index in [1.54, 1.807) is 11.0 Å². The van der Waals surface area contributed by atoms with E-state index in [1.165, 1.54) is 0 Å². The maximum absolute atomic E-state index is 5.51. The van der Waals surface area contributed by atoms with E-state index in [9.17, 15) is 0 Å². The van der Waals surface area contributed by atoms with E-state index in [0.29, 0.717) is 25.5 Å². The van der Waals surface area contributed by atoms with Gasteiger partial charge < -0.3 is 9.47 Å². The van der Waals surface area contributed by atoms with Gasteiger partial charge in [0.2, 0.25) is 6.29 Å². The van der Waals surface area contributed by atoms with Crippen molar-refractivity contribution in [2.45, 2.75) is 46.6 Å². The maximum Gasteiger partial charge on any atom is 0.204 e. The van der Waals surface area contributed by atoms with E-state index in [0.717, 1.165) is 18.8 Å². The average Bonchev–Trinajstić information content (AvgIpc) is 3.10. The normalized spacial score (nSPS) is 11.4. The minimum Gasteiger partial charge on any atom is -0.347 e. The molecule has 0 saturated heterocycles. The zero-order valence-corrected chi connectivity index (χ0v) is 12.8. The summed E-state index contributed by atoms with van der Waals surface area (Å²) in [4.78, 5) is 4.26. The van der Waals surface area contributed by atoms with Crippen molar-refractivity contribution < 1.29 is 9.47 Å². The molecule has 0 aromatic carbocycles. The fraction of sp³-hybridized carbons (Fsp3) is 0.692. The fourth-order valence-electron chi connectivity index (χ4n) is 1.97. The van der Waals surface area contributed by atoms with Crippen molar-refractivity contribution >= 4 is 0 Å². The Balaban J connectivity index is 2.06. The quantitative estimate of drug-likeness (QED) is 0.650. The van der Waals surface area contributed by atoms with E-state index >= 15 is 0 Å². The number of hydrogen-bond donors (Lipinski definition) is 0. The number of rotatable bonds is 9. The Morgan fingerprint density at radius 3 is 2.62 bits per heavy atom. The Bertz CT molecular complexity index is 532. The van der Waals surface area contributed by atoms with Gasteiger partial charge in [0, 0.05) is 19.8 Å². The van der Waals surface area contributed by atoms with E-state index in [4.69, 9.17) is 9.47 Å². The second-order valence-corrected chi connectivity index (χ2v) is 4.48. The van der Waals surface area contributed by atoms with E-state index in [1.807, 2.05) is 24.7 Å². The zero-order chi connectivity index (χ0) is 15.1. The van der Waals surface area contributed by atoms with Crippen LogP contribution < -0.4 is 0 Å². The van der Waals surface area contributed by atoms with Crippen molar-refractivity contribution in [2.24, 2.45) is 0 Å². The first kappa shape index (κ1) is 15.6. The summed E-state index contributed by atoms with van der Waals surface area (Å²) in [5.74, 6) is 0.859. The Kier molecular flexibility index (Phi) is 5.82. The molecule has 0 N–H and O–H groups in total. The van der Waals surface area contributed by atoms with E-state index in [-0.39, 0.29) is 0 Å². The third-order valence-electron chi connectivity index (χ3n) is 2.87. The van der Waals surface area contributed by atoms with Gasteiger partial charge in [-0.05, 0) is 20.3 Å². The zero-order valence-electron chi connectivity index (χ0n) is 12.8. The Hall–Kier alpha value is -1.80. The first-order chi connectivity index (χ1) is 10.3. The van der Waals surface area contributed by atoms with Crippen molar-refractivity contribution in [3.63, 3.8) is 0 Å². The molecular weight excluding hydrogens is 272 g/mol. The molecule has 2 heterocycles. The predicted octanol–water partition coefficient (Wildman–Crippen LogP) is 1.40. The summed E-state index contributed by atoms with van der Waals surface area (Å²) in [5, 5.41) is 12.4. The first-order valence-corrected chi connectivity index (χ1v) is 7.28. The van der Waals surface area contributed by atoms with Gasteiger partial charge in [0.05, 0.1) is 6.20 Å². The number of ether oxygens (including phenoxy) is 2. The van der Waals surface area contributed by atoms with Crippen LogP contribution in [0.5, 0.6) is 0 Å². The lowest BCUT2D eigenvalue weighted by atomic mass is 10.4. The molecule has 8 heteroatoms. The summed E-state index contributed by atoms with van der Waals surface area (Å²) in [5.41, 5.74) is 0.667. The molecule has 0 amide bonds. The van der Waals surface area contributed by atoms with Crippen molar-refractivity contribution in [3.8, 4) is 0 Å². The molecule has 0 radical (unpaired) electrons. The van der Waals surface area contributed by atoms with Crippen LogP contribution in [0.2, 0.25) is 0 Å². The lowest BCUT2D eigenvalue weighted by Crippen LogP contribution is -2.11. The van der Waals surface area contributed by atoms with Crippen molar-refractivity contribution in [3.05, 3.63) is 24.0 Å². The third kappa shape index (κ3) is 4.08. The van der Waals surface area contributed by atoms with Crippen LogP contribution >= 0.6 is 0 Å². The monoisotopic (exact) mass is 294 g/mol. The molecule has 0 spiro atoms. The van der Waals surface area contributed by atoms with Gasteiger partial charge in [-0.1, -0.05) is 12.1 Å². The first-order valence-electron chi connectivity index (χ1n) is 7.28. The summed E-state index contributed by atoms with van der Waals surface area (Å²) in [6.07, 6.45) is 3.92. The Morgan fingerprint density at radius 2 is 1.95 bits per heavy atom. The van der Waals surface area contributed by atoms with Crippen LogP contribution in [0.3, 0.4) is 0 Å².